The molecule has 3 N–H and O–H groups in total. The summed E-state index contributed by atoms with van der Waals surface area (Å²) in [5.74, 6) is 0.693. The maximum Gasteiger partial charge on any atom is 0.301 e. The van der Waals surface area contributed by atoms with E-state index < -0.39 is 0 Å². The van der Waals surface area contributed by atoms with Crippen molar-refractivity contribution in [2.75, 3.05) is 19.3 Å². The van der Waals surface area contributed by atoms with Crippen molar-refractivity contribution in [1.82, 2.24) is 25.3 Å². The van der Waals surface area contributed by atoms with Gasteiger partial charge in [-0.25, -0.2) is 0 Å². The number of likely N-dealkylation sites (tertiary alicyclic amines) is 1. The van der Waals surface area contributed by atoms with Gasteiger partial charge in [0.25, 0.3) is 0 Å². The molecule has 0 amide bonds. The van der Waals surface area contributed by atoms with Gasteiger partial charge >= 0.3 is 5.19 Å². The molecule has 0 saturated carbocycles. The second-order valence-electron chi connectivity index (χ2n) is 8.49. The SMILES string of the molecule is CN1CCCC(C)(C)C1(C)C.Cl.Nc1nnc(Oc2ccc(-c3cn[nH]c3)cc2)s1. The molecule has 0 aliphatic carbocycles. The van der Waals surface area contributed by atoms with Crippen molar-refractivity contribution >= 4 is 28.9 Å². The van der Waals surface area contributed by atoms with E-state index in [4.69, 9.17) is 10.5 Å². The summed E-state index contributed by atoms with van der Waals surface area (Å²) in [5, 5.41) is 15.0. The molecule has 0 spiro atoms. The number of aromatic nitrogens is 4. The van der Waals surface area contributed by atoms with E-state index in [0.717, 1.165) is 11.1 Å². The summed E-state index contributed by atoms with van der Waals surface area (Å²) in [7, 11) is 2.24. The first kappa shape index (κ1) is 24.1. The topological polar surface area (TPSA) is 92.9 Å². The summed E-state index contributed by atoms with van der Waals surface area (Å²) in [5.41, 5.74) is 8.41. The average Bonchev–Trinajstić information content (AvgIpc) is 3.33. The molecular formula is C21H31ClN6OS. The minimum absolute atomic E-state index is 0. The first-order chi connectivity index (χ1) is 13.7. The van der Waals surface area contributed by atoms with Gasteiger partial charge in [-0.3, -0.25) is 5.10 Å². The molecule has 9 heteroatoms. The third kappa shape index (κ3) is 5.50. The lowest BCUT2D eigenvalue weighted by Crippen LogP contribution is -2.55. The molecule has 1 aliphatic rings. The van der Waals surface area contributed by atoms with Gasteiger partial charge in [0.05, 0.1) is 6.20 Å². The van der Waals surface area contributed by atoms with Gasteiger partial charge < -0.3 is 15.4 Å². The molecule has 4 rings (SSSR count). The molecule has 164 valence electrons. The fourth-order valence-electron chi connectivity index (χ4n) is 3.35. The maximum atomic E-state index is 5.51. The van der Waals surface area contributed by atoms with E-state index in [9.17, 15) is 0 Å². The minimum Gasteiger partial charge on any atom is -0.430 e. The molecular weight excluding hydrogens is 420 g/mol. The van der Waals surface area contributed by atoms with Crippen molar-refractivity contribution in [2.24, 2.45) is 5.41 Å². The van der Waals surface area contributed by atoms with Gasteiger partial charge in [-0.15, -0.1) is 17.5 Å². The zero-order chi connectivity index (χ0) is 21.1. The Kier molecular flexibility index (Phi) is 7.85. The van der Waals surface area contributed by atoms with Crippen LogP contribution in [0.4, 0.5) is 5.13 Å². The van der Waals surface area contributed by atoms with Gasteiger partial charge in [0, 0.05) is 17.3 Å². The number of anilines is 1. The van der Waals surface area contributed by atoms with E-state index >= 15 is 0 Å². The van der Waals surface area contributed by atoms with E-state index in [1.165, 1.54) is 30.7 Å². The number of nitrogens with zero attached hydrogens (tertiary/aromatic N) is 4. The van der Waals surface area contributed by atoms with Crippen molar-refractivity contribution in [1.29, 1.82) is 0 Å². The number of piperidine rings is 1. The normalized spacial score (nSPS) is 17.4. The van der Waals surface area contributed by atoms with E-state index in [1.54, 1.807) is 6.20 Å². The number of nitrogen functional groups attached to an aromatic ring is 1. The molecule has 0 unspecified atom stereocenters. The molecule has 3 heterocycles. The van der Waals surface area contributed by atoms with Crippen LogP contribution in [0.15, 0.2) is 36.7 Å². The predicted molar refractivity (Wildman–Crippen MR) is 125 cm³/mol. The zero-order valence-electron chi connectivity index (χ0n) is 18.2. The number of nitrogens with two attached hydrogens (primary N) is 1. The molecule has 7 nitrogen and oxygen atoms in total. The highest BCUT2D eigenvalue weighted by atomic mass is 35.5. The molecule has 1 fully saturated rings. The van der Waals surface area contributed by atoms with Crippen LogP contribution in [0.25, 0.3) is 11.1 Å². The van der Waals surface area contributed by atoms with Gasteiger partial charge in [0.15, 0.2) is 0 Å². The lowest BCUT2D eigenvalue weighted by Gasteiger charge is -2.52. The zero-order valence-corrected chi connectivity index (χ0v) is 19.8. The van der Waals surface area contributed by atoms with Crippen LogP contribution in [0.2, 0.25) is 0 Å². The first-order valence-corrected chi connectivity index (χ1v) is 10.6. The molecule has 1 aromatic carbocycles. The highest BCUT2D eigenvalue weighted by Gasteiger charge is 2.42. The Morgan fingerprint density at radius 1 is 1.10 bits per heavy atom. The highest BCUT2D eigenvalue weighted by molar-refractivity contribution is 7.16. The quantitative estimate of drug-likeness (QED) is 0.566. The number of nitrogens with one attached hydrogen (secondary N) is 1. The Hall–Kier alpha value is -2.16. The Bertz CT molecular complexity index is 908. The van der Waals surface area contributed by atoms with Crippen LogP contribution in [0.1, 0.15) is 40.5 Å². The smallest absolute Gasteiger partial charge is 0.301 e. The van der Waals surface area contributed by atoms with Crippen molar-refractivity contribution in [2.45, 2.75) is 46.1 Å². The van der Waals surface area contributed by atoms with Gasteiger partial charge in [0.2, 0.25) is 5.13 Å². The lowest BCUT2D eigenvalue weighted by atomic mass is 9.68. The molecule has 1 aliphatic heterocycles. The number of rotatable bonds is 3. The maximum absolute atomic E-state index is 5.51. The van der Waals surface area contributed by atoms with Gasteiger partial charge in [0.1, 0.15) is 5.75 Å². The van der Waals surface area contributed by atoms with Gasteiger partial charge in [-0.1, -0.05) is 31.1 Å². The highest BCUT2D eigenvalue weighted by Crippen LogP contribution is 2.42. The van der Waals surface area contributed by atoms with E-state index in [1.807, 2.05) is 30.5 Å². The molecule has 2 aromatic heterocycles. The number of aromatic amines is 1. The molecule has 0 bridgehead atoms. The number of halogens is 1. The first-order valence-electron chi connectivity index (χ1n) is 9.76. The fraction of sp³-hybridized carbons (Fsp3) is 0.476. The van der Waals surface area contributed by atoms with Crippen LogP contribution in [-0.4, -0.2) is 44.4 Å². The van der Waals surface area contributed by atoms with Gasteiger partial charge in [-0.2, -0.15) is 5.10 Å². The third-order valence-electron chi connectivity index (χ3n) is 6.22. The Balaban J connectivity index is 0.000000232. The fourth-order valence-corrected chi connectivity index (χ4v) is 3.83. The van der Waals surface area contributed by atoms with E-state index in [-0.39, 0.29) is 12.4 Å². The Labute approximate surface area is 188 Å². The molecule has 0 atom stereocenters. The second kappa shape index (κ2) is 9.76. The van der Waals surface area contributed by atoms with Crippen LogP contribution < -0.4 is 10.5 Å². The van der Waals surface area contributed by atoms with Crippen molar-refractivity contribution in [3.63, 3.8) is 0 Å². The van der Waals surface area contributed by atoms with E-state index in [2.05, 4.69) is 60.0 Å². The summed E-state index contributed by atoms with van der Waals surface area (Å²) in [6.07, 6.45) is 6.32. The predicted octanol–water partition coefficient (Wildman–Crippen LogP) is 5.24. The van der Waals surface area contributed by atoms with Crippen LogP contribution in [0.5, 0.6) is 10.9 Å². The van der Waals surface area contributed by atoms with Crippen LogP contribution in [0.3, 0.4) is 0 Å². The summed E-state index contributed by atoms with van der Waals surface area (Å²) in [4.78, 5) is 2.48. The second-order valence-corrected chi connectivity index (χ2v) is 9.46. The van der Waals surface area contributed by atoms with Crippen LogP contribution in [0, 0.1) is 5.41 Å². The van der Waals surface area contributed by atoms with Crippen molar-refractivity contribution in [3.05, 3.63) is 36.7 Å². The third-order valence-corrected chi connectivity index (χ3v) is 6.85. The number of hydrogen-bond acceptors (Lipinski definition) is 7. The van der Waals surface area contributed by atoms with E-state index in [0.29, 0.717) is 27.0 Å². The number of benzene rings is 1. The van der Waals surface area contributed by atoms with Crippen LogP contribution in [-0.2, 0) is 0 Å². The summed E-state index contributed by atoms with van der Waals surface area (Å²) in [6, 6.07) is 7.62. The summed E-state index contributed by atoms with van der Waals surface area (Å²) in [6.45, 7) is 10.7. The van der Waals surface area contributed by atoms with Crippen molar-refractivity contribution in [3.8, 4) is 22.1 Å². The standard InChI is InChI=1S/C11H9N5OS.C10H21N.ClH/c12-10-15-16-11(18-10)17-9-3-1-7(2-4-9)8-5-13-14-6-8;1-9(2)7-6-8-11(5)10(9,3)4;/h1-6H,(H2,12,15)(H,13,14);6-8H2,1-5H3;1H. The number of hydrogen-bond donors (Lipinski definition) is 2. The molecule has 30 heavy (non-hydrogen) atoms. The van der Waals surface area contributed by atoms with Crippen molar-refractivity contribution < 1.29 is 4.74 Å². The average molecular weight is 451 g/mol. The minimum atomic E-state index is 0. The Morgan fingerprint density at radius 3 is 2.30 bits per heavy atom. The largest absolute Gasteiger partial charge is 0.430 e. The van der Waals surface area contributed by atoms with Crippen LogP contribution >= 0.6 is 23.7 Å². The Morgan fingerprint density at radius 2 is 1.80 bits per heavy atom. The molecule has 0 radical (unpaired) electrons. The monoisotopic (exact) mass is 450 g/mol. The van der Waals surface area contributed by atoms with Gasteiger partial charge in [-0.05, 0) is 74.7 Å². The lowest BCUT2D eigenvalue weighted by molar-refractivity contribution is -0.0121. The number of H-pyrrole nitrogens is 1. The number of ether oxygens (including phenoxy) is 1. The molecule has 1 saturated heterocycles. The summed E-state index contributed by atoms with van der Waals surface area (Å²) >= 11 is 1.20. The molecule has 3 aromatic rings. The summed E-state index contributed by atoms with van der Waals surface area (Å²) < 4.78 is 5.51.